The number of ether oxygens (including phenoxy) is 1. The second-order valence-corrected chi connectivity index (χ2v) is 6.66. The van der Waals surface area contributed by atoms with Gasteiger partial charge in [0.1, 0.15) is 5.75 Å². The maximum absolute atomic E-state index is 12.5. The molecule has 0 bridgehead atoms. The van der Waals surface area contributed by atoms with Crippen LogP contribution in [0.1, 0.15) is 17.3 Å². The number of carbonyl (C=O) groups is 2. The second kappa shape index (κ2) is 9.40. The lowest BCUT2D eigenvalue weighted by Crippen LogP contribution is -2.31. The smallest absolute Gasteiger partial charge is 0.265 e. The number of hydrogen-bond acceptors (Lipinski definition) is 3. The van der Waals surface area contributed by atoms with Crippen LogP contribution in [0.15, 0.2) is 59.6 Å². The molecule has 2 rings (SSSR count). The Kier molecular flexibility index (Phi) is 7.24. The Labute approximate surface area is 165 Å². The second-order valence-electron chi connectivity index (χ2n) is 5.37. The molecule has 0 radical (unpaired) electrons. The third-order valence-electron chi connectivity index (χ3n) is 3.40. The Morgan fingerprint density at radius 1 is 1.31 bits per heavy atom. The molecule has 136 valence electrons. The van der Waals surface area contributed by atoms with Crippen molar-refractivity contribution in [1.29, 1.82) is 0 Å². The van der Waals surface area contributed by atoms with Gasteiger partial charge in [-0.2, -0.15) is 0 Å². The molecule has 1 unspecified atom stereocenters. The highest BCUT2D eigenvalue weighted by atomic mass is 79.9. The van der Waals surface area contributed by atoms with E-state index in [2.05, 4.69) is 33.1 Å². The molecule has 2 amide bonds. The van der Waals surface area contributed by atoms with Crippen LogP contribution in [0.5, 0.6) is 5.75 Å². The van der Waals surface area contributed by atoms with Gasteiger partial charge in [0.15, 0.2) is 6.10 Å². The van der Waals surface area contributed by atoms with E-state index in [0.717, 1.165) is 0 Å². The maximum atomic E-state index is 12.5. The largest absolute Gasteiger partial charge is 0.480 e. The van der Waals surface area contributed by atoms with E-state index < -0.39 is 6.10 Å². The first-order valence-electron chi connectivity index (χ1n) is 7.83. The molecule has 0 aromatic heterocycles. The van der Waals surface area contributed by atoms with Gasteiger partial charge < -0.3 is 15.4 Å². The Hall–Kier alpha value is -2.31. The standard InChI is InChI=1S/C19H18BrClN2O3/c1-3-10-22-19(25)14-6-4-5-7-16(14)23-18(24)12(2)26-17-9-8-13(21)11-15(17)20/h3-9,11-12H,1,10H2,2H3,(H,22,25)(H,23,24). The SMILES string of the molecule is C=CCNC(=O)c1ccccc1NC(=O)C(C)Oc1ccc(Cl)cc1Br. The molecule has 26 heavy (non-hydrogen) atoms. The Morgan fingerprint density at radius 3 is 2.73 bits per heavy atom. The van der Waals surface area contributed by atoms with Crippen molar-refractivity contribution in [3.63, 3.8) is 0 Å². The van der Waals surface area contributed by atoms with Gasteiger partial charge in [-0.3, -0.25) is 9.59 Å². The molecule has 2 aromatic rings. The van der Waals surface area contributed by atoms with Crippen LogP contribution in [0.4, 0.5) is 5.69 Å². The zero-order chi connectivity index (χ0) is 19.1. The van der Waals surface area contributed by atoms with Gasteiger partial charge in [-0.05, 0) is 53.2 Å². The number of carbonyl (C=O) groups excluding carboxylic acids is 2. The number of benzene rings is 2. The van der Waals surface area contributed by atoms with Crippen LogP contribution in [0.3, 0.4) is 0 Å². The third kappa shape index (κ3) is 5.34. The van der Waals surface area contributed by atoms with Gasteiger partial charge in [-0.1, -0.05) is 29.8 Å². The van der Waals surface area contributed by atoms with Gasteiger partial charge in [0.05, 0.1) is 15.7 Å². The van der Waals surface area contributed by atoms with E-state index in [-0.39, 0.29) is 11.8 Å². The third-order valence-corrected chi connectivity index (χ3v) is 4.26. The minimum Gasteiger partial charge on any atom is -0.480 e. The number of hydrogen-bond donors (Lipinski definition) is 2. The molecular weight excluding hydrogens is 420 g/mol. The zero-order valence-electron chi connectivity index (χ0n) is 14.1. The summed E-state index contributed by atoms with van der Waals surface area (Å²) in [4.78, 5) is 24.6. The van der Waals surface area contributed by atoms with Crippen molar-refractivity contribution in [2.45, 2.75) is 13.0 Å². The molecule has 0 saturated carbocycles. The van der Waals surface area contributed by atoms with E-state index in [4.69, 9.17) is 16.3 Å². The summed E-state index contributed by atoms with van der Waals surface area (Å²) in [7, 11) is 0. The quantitative estimate of drug-likeness (QED) is 0.630. The average Bonchev–Trinajstić information content (AvgIpc) is 2.62. The number of rotatable bonds is 7. The Morgan fingerprint density at radius 2 is 2.04 bits per heavy atom. The summed E-state index contributed by atoms with van der Waals surface area (Å²) in [6.07, 6.45) is 0.802. The van der Waals surface area contributed by atoms with Crippen LogP contribution in [0.25, 0.3) is 0 Å². The highest BCUT2D eigenvalue weighted by Gasteiger charge is 2.19. The topological polar surface area (TPSA) is 67.4 Å². The molecule has 2 aromatic carbocycles. The van der Waals surface area contributed by atoms with E-state index in [1.54, 1.807) is 55.5 Å². The summed E-state index contributed by atoms with van der Waals surface area (Å²) in [5.74, 6) is -0.181. The summed E-state index contributed by atoms with van der Waals surface area (Å²) in [6.45, 7) is 5.52. The molecule has 5 nitrogen and oxygen atoms in total. The molecule has 0 heterocycles. The van der Waals surface area contributed by atoms with Crippen molar-refractivity contribution < 1.29 is 14.3 Å². The maximum Gasteiger partial charge on any atom is 0.265 e. The average molecular weight is 438 g/mol. The van der Waals surface area contributed by atoms with Crippen LogP contribution >= 0.6 is 27.5 Å². The lowest BCUT2D eigenvalue weighted by Gasteiger charge is -2.17. The highest BCUT2D eigenvalue weighted by Crippen LogP contribution is 2.29. The van der Waals surface area contributed by atoms with Gasteiger partial charge in [-0.25, -0.2) is 0 Å². The predicted molar refractivity (Wildman–Crippen MR) is 107 cm³/mol. The van der Waals surface area contributed by atoms with Gasteiger partial charge in [0, 0.05) is 11.6 Å². The fraction of sp³-hybridized carbons (Fsp3) is 0.158. The first kappa shape index (κ1) is 20.0. The Balaban J connectivity index is 2.09. The molecule has 7 heteroatoms. The Bertz CT molecular complexity index is 826. The fourth-order valence-corrected chi connectivity index (χ4v) is 2.88. The minimum atomic E-state index is -0.781. The lowest BCUT2D eigenvalue weighted by molar-refractivity contribution is -0.122. The van der Waals surface area contributed by atoms with Crippen LogP contribution in [0, 0.1) is 0 Å². The summed E-state index contributed by atoms with van der Waals surface area (Å²) >= 11 is 9.24. The first-order valence-corrected chi connectivity index (χ1v) is 9.00. The molecule has 0 aliphatic carbocycles. The summed E-state index contributed by atoms with van der Waals surface area (Å²) in [5.41, 5.74) is 0.771. The van der Waals surface area contributed by atoms with Crippen molar-refractivity contribution in [1.82, 2.24) is 5.32 Å². The molecule has 0 aliphatic heterocycles. The fourth-order valence-electron chi connectivity index (χ4n) is 2.10. The van der Waals surface area contributed by atoms with E-state index in [0.29, 0.717) is 33.0 Å². The van der Waals surface area contributed by atoms with Crippen molar-refractivity contribution in [3.05, 3.63) is 70.2 Å². The van der Waals surface area contributed by atoms with Crippen molar-refractivity contribution >= 4 is 45.0 Å². The number of nitrogens with one attached hydrogen (secondary N) is 2. The first-order chi connectivity index (χ1) is 12.4. The predicted octanol–water partition coefficient (Wildman–Crippen LogP) is 4.42. The lowest BCUT2D eigenvalue weighted by atomic mass is 10.1. The van der Waals surface area contributed by atoms with Crippen molar-refractivity contribution in [2.75, 3.05) is 11.9 Å². The highest BCUT2D eigenvalue weighted by molar-refractivity contribution is 9.10. The number of halogens is 2. The molecule has 0 fully saturated rings. The number of amides is 2. The molecule has 0 aliphatic rings. The van der Waals surface area contributed by atoms with E-state index in [1.807, 2.05) is 0 Å². The molecular formula is C19H18BrClN2O3. The van der Waals surface area contributed by atoms with Gasteiger partial charge >= 0.3 is 0 Å². The van der Waals surface area contributed by atoms with Crippen molar-refractivity contribution in [3.8, 4) is 5.75 Å². The van der Waals surface area contributed by atoms with Gasteiger partial charge in [0.25, 0.3) is 11.8 Å². The number of anilines is 1. The number of para-hydroxylation sites is 1. The van der Waals surface area contributed by atoms with Gasteiger partial charge in [0.2, 0.25) is 0 Å². The van der Waals surface area contributed by atoms with Crippen LogP contribution in [-0.2, 0) is 4.79 Å². The summed E-state index contributed by atoms with van der Waals surface area (Å²) < 4.78 is 6.32. The normalized spacial score (nSPS) is 11.3. The molecule has 2 N–H and O–H groups in total. The van der Waals surface area contributed by atoms with Crippen LogP contribution < -0.4 is 15.4 Å². The molecule has 1 atom stereocenters. The zero-order valence-corrected chi connectivity index (χ0v) is 16.4. The van der Waals surface area contributed by atoms with Crippen molar-refractivity contribution in [2.24, 2.45) is 0 Å². The monoisotopic (exact) mass is 436 g/mol. The minimum absolute atomic E-state index is 0.296. The van der Waals surface area contributed by atoms with Gasteiger partial charge in [-0.15, -0.1) is 6.58 Å². The van der Waals surface area contributed by atoms with E-state index in [1.165, 1.54) is 0 Å². The summed E-state index contributed by atoms with van der Waals surface area (Å²) in [6, 6.07) is 11.8. The van der Waals surface area contributed by atoms with E-state index in [9.17, 15) is 9.59 Å². The van der Waals surface area contributed by atoms with Crippen LogP contribution in [-0.4, -0.2) is 24.5 Å². The van der Waals surface area contributed by atoms with E-state index >= 15 is 0 Å². The molecule has 0 spiro atoms. The van der Waals surface area contributed by atoms with Crippen LogP contribution in [0.2, 0.25) is 5.02 Å². The summed E-state index contributed by atoms with van der Waals surface area (Å²) in [5, 5.41) is 5.97. The molecule has 0 saturated heterocycles.